The van der Waals surface area contributed by atoms with Gasteiger partial charge in [0.2, 0.25) is 0 Å². The lowest BCUT2D eigenvalue weighted by molar-refractivity contribution is 0.0381. The Morgan fingerprint density at radius 2 is 1.45 bits per heavy atom. The van der Waals surface area contributed by atoms with Crippen LogP contribution in [0.4, 0.5) is 9.59 Å². The molecule has 0 aliphatic heterocycles. The number of rotatable bonds is 4. The van der Waals surface area contributed by atoms with Crippen LogP contribution in [-0.4, -0.2) is 62.4 Å². The zero-order valence-corrected chi connectivity index (χ0v) is 13.2. The maximum atomic E-state index is 11.5. The molecule has 7 nitrogen and oxygen atoms in total. The van der Waals surface area contributed by atoms with Gasteiger partial charge in [-0.05, 0) is 41.5 Å². The van der Waals surface area contributed by atoms with Gasteiger partial charge in [0.05, 0.1) is 6.04 Å². The monoisotopic (exact) mass is 289 g/mol. The van der Waals surface area contributed by atoms with Crippen molar-refractivity contribution in [3.63, 3.8) is 0 Å². The third-order valence-corrected chi connectivity index (χ3v) is 3.00. The first kappa shape index (κ1) is 18.5. The molecule has 0 heterocycles. The molecule has 0 rings (SSSR count). The zero-order chi connectivity index (χ0) is 16.3. The molecular weight excluding hydrogens is 262 g/mol. The van der Waals surface area contributed by atoms with E-state index in [2.05, 4.69) is 0 Å². The van der Waals surface area contributed by atoms with E-state index in [1.807, 2.05) is 0 Å². The molecule has 0 aliphatic rings. The van der Waals surface area contributed by atoms with Gasteiger partial charge in [-0.15, -0.1) is 0 Å². The van der Waals surface area contributed by atoms with Crippen LogP contribution in [0, 0.1) is 0 Å². The molecule has 1 atom stereocenters. The molecule has 0 saturated heterocycles. The molecule has 0 aromatic heterocycles. The van der Waals surface area contributed by atoms with Crippen molar-refractivity contribution >= 4 is 12.2 Å². The van der Waals surface area contributed by atoms with Crippen molar-refractivity contribution in [3.8, 4) is 0 Å². The minimum atomic E-state index is -1.10. The molecule has 2 amide bonds. The lowest BCUT2D eigenvalue weighted by atomic mass is 10.0. The summed E-state index contributed by atoms with van der Waals surface area (Å²) in [6.07, 6.45) is -2.19. The molecule has 0 bridgehead atoms. The van der Waals surface area contributed by atoms with Gasteiger partial charge in [0.15, 0.2) is 0 Å². The molecule has 0 fully saturated rings. The second-order valence-corrected chi connectivity index (χ2v) is 6.78. The molecule has 118 valence electrons. The summed E-state index contributed by atoms with van der Waals surface area (Å²) in [5, 5.41) is 18.7. The van der Waals surface area contributed by atoms with Crippen molar-refractivity contribution in [2.24, 2.45) is 5.73 Å². The van der Waals surface area contributed by atoms with Gasteiger partial charge in [-0.2, -0.15) is 0 Å². The molecule has 0 spiro atoms. The van der Waals surface area contributed by atoms with Crippen LogP contribution in [0.2, 0.25) is 0 Å². The zero-order valence-electron chi connectivity index (χ0n) is 13.2. The molecule has 7 heteroatoms. The highest BCUT2D eigenvalue weighted by Crippen LogP contribution is 2.21. The smallest absolute Gasteiger partial charge is 0.408 e. The fraction of sp³-hybridized carbons (Fsp3) is 0.846. The summed E-state index contributed by atoms with van der Waals surface area (Å²) < 4.78 is 0. The van der Waals surface area contributed by atoms with Gasteiger partial charge in [-0.3, -0.25) is 4.90 Å². The Bertz CT molecular complexity index is 358. The van der Waals surface area contributed by atoms with Crippen LogP contribution < -0.4 is 5.73 Å². The van der Waals surface area contributed by atoms with Crippen molar-refractivity contribution in [3.05, 3.63) is 0 Å². The first-order valence-corrected chi connectivity index (χ1v) is 6.55. The number of nitrogens with two attached hydrogens (primary N) is 1. The standard InChI is InChI=1S/C13H27N3O4/c1-12(2,3)15(10(17)18)8-9(7-14)16(11(19)20)13(4,5)6/h9H,7-8,14H2,1-6H3,(H,17,18)(H,19,20)/t9-/m1/s1. The summed E-state index contributed by atoms with van der Waals surface area (Å²) in [5.74, 6) is 0. The fourth-order valence-electron chi connectivity index (χ4n) is 2.10. The van der Waals surface area contributed by atoms with Crippen LogP contribution in [0.5, 0.6) is 0 Å². The third-order valence-electron chi connectivity index (χ3n) is 3.00. The predicted octanol–water partition coefficient (Wildman–Crippen LogP) is 1.87. The Morgan fingerprint density at radius 3 is 1.65 bits per heavy atom. The summed E-state index contributed by atoms with van der Waals surface area (Å²) >= 11 is 0. The number of carbonyl (C=O) groups is 2. The summed E-state index contributed by atoms with van der Waals surface area (Å²) in [6, 6.07) is -0.595. The number of hydrogen-bond acceptors (Lipinski definition) is 3. The van der Waals surface area contributed by atoms with Crippen LogP contribution in [0.1, 0.15) is 41.5 Å². The average Bonchev–Trinajstić information content (AvgIpc) is 2.18. The van der Waals surface area contributed by atoms with Gasteiger partial charge >= 0.3 is 12.2 Å². The third kappa shape index (κ3) is 4.88. The number of nitrogens with zero attached hydrogens (tertiary/aromatic N) is 2. The van der Waals surface area contributed by atoms with E-state index in [1.165, 1.54) is 9.80 Å². The molecule has 0 saturated carbocycles. The van der Waals surface area contributed by atoms with Gasteiger partial charge in [-0.25, -0.2) is 9.59 Å². The van der Waals surface area contributed by atoms with E-state index in [0.29, 0.717) is 0 Å². The average molecular weight is 289 g/mol. The van der Waals surface area contributed by atoms with E-state index in [9.17, 15) is 19.8 Å². The second kappa shape index (κ2) is 6.30. The number of carboxylic acid groups (broad SMARTS) is 2. The van der Waals surface area contributed by atoms with Crippen LogP contribution >= 0.6 is 0 Å². The summed E-state index contributed by atoms with van der Waals surface area (Å²) in [5.41, 5.74) is 4.40. The Balaban J connectivity index is 5.36. The van der Waals surface area contributed by atoms with Crippen LogP contribution in [0.15, 0.2) is 0 Å². The Labute approximate surface area is 120 Å². The van der Waals surface area contributed by atoms with E-state index in [0.717, 1.165) is 0 Å². The largest absolute Gasteiger partial charge is 0.465 e. The highest BCUT2D eigenvalue weighted by atomic mass is 16.4. The number of hydrogen-bond donors (Lipinski definition) is 3. The Kier molecular flexibility index (Phi) is 5.83. The van der Waals surface area contributed by atoms with Crippen molar-refractivity contribution in [2.45, 2.75) is 58.7 Å². The first-order valence-electron chi connectivity index (χ1n) is 6.55. The molecule has 0 radical (unpaired) electrons. The van der Waals surface area contributed by atoms with Gasteiger partial charge in [-0.1, -0.05) is 0 Å². The van der Waals surface area contributed by atoms with Crippen LogP contribution in [-0.2, 0) is 0 Å². The van der Waals surface area contributed by atoms with Crippen molar-refractivity contribution in [1.29, 1.82) is 0 Å². The van der Waals surface area contributed by atoms with Gasteiger partial charge in [0.25, 0.3) is 0 Å². The van der Waals surface area contributed by atoms with E-state index >= 15 is 0 Å². The highest BCUT2D eigenvalue weighted by molar-refractivity contribution is 5.68. The van der Waals surface area contributed by atoms with Crippen LogP contribution in [0.3, 0.4) is 0 Å². The summed E-state index contributed by atoms with van der Waals surface area (Å²) in [4.78, 5) is 25.2. The SMILES string of the molecule is CC(C)(C)N(C[C@@H](CN)N(C(=O)O)C(C)(C)C)C(=O)O. The topological polar surface area (TPSA) is 107 Å². The molecule has 0 aromatic carbocycles. The molecule has 0 aromatic rings. The minimum absolute atomic E-state index is 0.0406. The quantitative estimate of drug-likeness (QED) is 0.732. The van der Waals surface area contributed by atoms with Crippen molar-refractivity contribution in [1.82, 2.24) is 9.80 Å². The summed E-state index contributed by atoms with van der Waals surface area (Å²) in [6.45, 7) is 10.6. The van der Waals surface area contributed by atoms with E-state index in [4.69, 9.17) is 5.73 Å². The number of amides is 2. The molecule has 0 aliphatic carbocycles. The molecular formula is C13H27N3O4. The van der Waals surface area contributed by atoms with E-state index in [-0.39, 0.29) is 13.1 Å². The molecule has 4 N–H and O–H groups in total. The Hall–Kier alpha value is -1.50. The maximum absolute atomic E-state index is 11.5. The van der Waals surface area contributed by atoms with E-state index in [1.54, 1.807) is 41.5 Å². The normalized spacial score (nSPS) is 13.8. The molecule has 20 heavy (non-hydrogen) atoms. The minimum Gasteiger partial charge on any atom is -0.465 e. The summed E-state index contributed by atoms with van der Waals surface area (Å²) in [7, 11) is 0. The van der Waals surface area contributed by atoms with Crippen LogP contribution in [0.25, 0.3) is 0 Å². The van der Waals surface area contributed by atoms with Crippen molar-refractivity contribution < 1.29 is 19.8 Å². The lowest BCUT2D eigenvalue weighted by Gasteiger charge is -2.43. The first-order chi connectivity index (χ1) is 8.82. The lowest BCUT2D eigenvalue weighted by Crippen LogP contribution is -2.60. The second-order valence-electron chi connectivity index (χ2n) is 6.78. The Morgan fingerprint density at radius 1 is 1.00 bits per heavy atom. The van der Waals surface area contributed by atoms with Gasteiger partial charge < -0.3 is 20.8 Å². The van der Waals surface area contributed by atoms with E-state index < -0.39 is 29.3 Å². The molecule has 0 unspecified atom stereocenters. The predicted molar refractivity (Wildman–Crippen MR) is 76.9 cm³/mol. The van der Waals surface area contributed by atoms with Gasteiger partial charge in [0, 0.05) is 24.2 Å². The van der Waals surface area contributed by atoms with Crippen molar-refractivity contribution in [2.75, 3.05) is 13.1 Å². The maximum Gasteiger partial charge on any atom is 0.408 e. The highest BCUT2D eigenvalue weighted by Gasteiger charge is 2.36. The van der Waals surface area contributed by atoms with Gasteiger partial charge in [0.1, 0.15) is 0 Å². The fourth-order valence-corrected chi connectivity index (χ4v) is 2.10.